The van der Waals surface area contributed by atoms with Crippen LogP contribution in [0.25, 0.3) is 11.8 Å². The second kappa shape index (κ2) is 8.41. The summed E-state index contributed by atoms with van der Waals surface area (Å²) in [7, 11) is -0.387. The molecule has 146 valence electrons. The second-order valence-corrected chi connectivity index (χ2v) is 8.37. The van der Waals surface area contributed by atoms with Gasteiger partial charge in [-0.3, -0.25) is 0 Å². The molecule has 0 fully saturated rings. The minimum Gasteiger partial charge on any atom is -0.495 e. The number of hydrogen-bond donors (Lipinski definition) is 0. The Hall–Kier alpha value is -2.90. The maximum absolute atomic E-state index is 12.5. The normalized spacial score (nSPS) is 12.0. The predicted molar refractivity (Wildman–Crippen MR) is 111 cm³/mol. The number of sulfonamides is 1. The molecule has 0 aliphatic carbocycles. The van der Waals surface area contributed by atoms with Crippen molar-refractivity contribution < 1.29 is 13.2 Å². The van der Waals surface area contributed by atoms with E-state index in [1.807, 2.05) is 60.2 Å². The summed E-state index contributed by atoms with van der Waals surface area (Å²) in [5, 5.41) is 1.21. The van der Waals surface area contributed by atoms with Crippen LogP contribution in [-0.2, 0) is 16.6 Å². The number of ether oxygens (including phenoxy) is 1. The summed E-state index contributed by atoms with van der Waals surface area (Å²) in [5.74, 6) is 0.634. The summed E-state index contributed by atoms with van der Waals surface area (Å²) in [4.78, 5) is 4.22. The smallest absolute Gasteiger partial charge is 0.236 e. The van der Waals surface area contributed by atoms with Crippen molar-refractivity contribution in [3.63, 3.8) is 0 Å². The zero-order chi connectivity index (χ0) is 20.1. The highest BCUT2D eigenvalue weighted by Gasteiger charge is 2.14. The molecule has 0 spiro atoms. The molecule has 0 saturated carbocycles. The monoisotopic (exact) mass is 397 g/mol. The van der Waals surface area contributed by atoms with Gasteiger partial charge in [0.25, 0.3) is 0 Å². The highest BCUT2D eigenvalue weighted by Crippen LogP contribution is 2.25. The first-order chi connectivity index (χ1) is 13.4. The number of aryl methyl sites for hydroxylation is 1. The predicted octanol–water partition coefficient (Wildman–Crippen LogP) is 3.62. The van der Waals surface area contributed by atoms with Crippen molar-refractivity contribution >= 4 is 16.1 Å². The van der Waals surface area contributed by atoms with E-state index in [0.29, 0.717) is 12.3 Å². The molecule has 3 rings (SSSR count). The van der Waals surface area contributed by atoms with E-state index >= 15 is 0 Å². The van der Waals surface area contributed by atoms with Crippen molar-refractivity contribution in [1.82, 2.24) is 13.9 Å². The third-order valence-electron chi connectivity index (χ3n) is 4.31. The van der Waals surface area contributed by atoms with Crippen LogP contribution in [0.3, 0.4) is 0 Å². The number of rotatable bonds is 7. The van der Waals surface area contributed by atoms with E-state index in [4.69, 9.17) is 4.74 Å². The van der Waals surface area contributed by atoms with E-state index in [1.54, 1.807) is 32.6 Å². The van der Waals surface area contributed by atoms with Gasteiger partial charge in [0.05, 0.1) is 24.8 Å². The SMILES string of the molecule is COc1cc(C=CS(=O)(=O)N(C)Cc2ccccc2)ccc1-n1cnc(C)c1. The first-order valence-corrected chi connectivity index (χ1v) is 10.3. The molecule has 0 aliphatic heterocycles. The molecule has 0 N–H and O–H groups in total. The molecule has 0 bridgehead atoms. The first kappa shape index (κ1) is 19.9. The lowest BCUT2D eigenvalue weighted by atomic mass is 10.2. The Morgan fingerprint density at radius 3 is 2.57 bits per heavy atom. The quantitative estimate of drug-likeness (QED) is 0.611. The molecule has 6 nitrogen and oxygen atoms in total. The highest BCUT2D eigenvalue weighted by molar-refractivity contribution is 7.92. The van der Waals surface area contributed by atoms with Crippen LogP contribution in [0.1, 0.15) is 16.8 Å². The van der Waals surface area contributed by atoms with Crippen LogP contribution in [0.4, 0.5) is 0 Å². The van der Waals surface area contributed by atoms with E-state index in [2.05, 4.69) is 4.98 Å². The third kappa shape index (κ3) is 4.68. The molecule has 1 aromatic heterocycles. The van der Waals surface area contributed by atoms with Crippen LogP contribution >= 0.6 is 0 Å². The van der Waals surface area contributed by atoms with E-state index in [0.717, 1.165) is 22.5 Å². The van der Waals surface area contributed by atoms with Gasteiger partial charge in [-0.1, -0.05) is 36.4 Å². The lowest BCUT2D eigenvalue weighted by Crippen LogP contribution is -2.24. The number of nitrogens with zero attached hydrogens (tertiary/aromatic N) is 3. The molecule has 0 radical (unpaired) electrons. The van der Waals surface area contributed by atoms with Crippen molar-refractivity contribution in [2.45, 2.75) is 13.5 Å². The summed E-state index contributed by atoms with van der Waals surface area (Å²) >= 11 is 0. The van der Waals surface area contributed by atoms with E-state index in [9.17, 15) is 8.42 Å². The molecule has 3 aromatic rings. The largest absolute Gasteiger partial charge is 0.495 e. The minimum atomic E-state index is -3.54. The summed E-state index contributed by atoms with van der Waals surface area (Å²) in [6.07, 6.45) is 5.18. The molecular weight excluding hydrogens is 374 g/mol. The Morgan fingerprint density at radius 2 is 1.93 bits per heavy atom. The number of hydrogen-bond acceptors (Lipinski definition) is 4. The molecular formula is C21H23N3O3S. The Kier molecular flexibility index (Phi) is 5.96. The fourth-order valence-corrected chi connectivity index (χ4v) is 3.63. The van der Waals surface area contributed by atoms with Crippen molar-refractivity contribution in [1.29, 1.82) is 0 Å². The average Bonchev–Trinajstić information content (AvgIpc) is 3.13. The average molecular weight is 398 g/mol. The van der Waals surface area contributed by atoms with E-state index in [1.165, 1.54) is 9.71 Å². The molecule has 0 amide bonds. The molecule has 0 unspecified atom stereocenters. The third-order valence-corrected chi connectivity index (χ3v) is 5.79. The maximum atomic E-state index is 12.5. The highest BCUT2D eigenvalue weighted by atomic mass is 32.2. The fourth-order valence-electron chi connectivity index (χ4n) is 2.76. The molecule has 0 saturated heterocycles. The number of methoxy groups -OCH3 is 1. The molecule has 2 aromatic carbocycles. The number of benzene rings is 2. The van der Waals surface area contributed by atoms with Gasteiger partial charge in [-0.15, -0.1) is 0 Å². The summed E-state index contributed by atoms with van der Waals surface area (Å²) in [6, 6.07) is 15.0. The van der Waals surface area contributed by atoms with E-state index < -0.39 is 10.0 Å². The van der Waals surface area contributed by atoms with Gasteiger partial charge in [-0.2, -0.15) is 4.31 Å². The van der Waals surface area contributed by atoms with Crippen molar-refractivity contribution in [3.8, 4) is 11.4 Å². The Labute approximate surface area is 165 Å². The summed E-state index contributed by atoms with van der Waals surface area (Å²) in [6.45, 7) is 2.23. The van der Waals surface area contributed by atoms with Crippen LogP contribution in [0.15, 0.2) is 66.5 Å². The van der Waals surface area contributed by atoms with Crippen LogP contribution in [0, 0.1) is 6.92 Å². The number of aromatic nitrogens is 2. The lowest BCUT2D eigenvalue weighted by Gasteiger charge is -2.14. The summed E-state index contributed by atoms with van der Waals surface area (Å²) < 4.78 is 33.7. The molecule has 0 atom stereocenters. The fraction of sp³-hybridized carbons (Fsp3) is 0.190. The van der Waals surface area contributed by atoms with Crippen LogP contribution in [0.2, 0.25) is 0 Å². The van der Waals surface area contributed by atoms with Gasteiger partial charge < -0.3 is 9.30 Å². The van der Waals surface area contributed by atoms with Crippen molar-refractivity contribution in [2.75, 3.05) is 14.2 Å². The van der Waals surface area contributed by atoms with Gasteiger partial charge in [0.2, 0.25) is 10.0 Å². The van der Waals surface area contributed by atoms with Gasteiger partial charge in [-0.25, -0.2) is 13.4 Å². The van der Waals surface area contributed by atoms with Crippen molar-refractivity contribution in [2.24, 2.45) is 0 Å². The van der Waals surface area contributed by atoms with Crippen molar-refractivity contribution in [3.05, 3.63) is 83.3 Å². The molecule has 28 heavy (non-hydrogen) atoms. The first-order valence-electron chi connectivity index (χ1n) is 8.76. The van der Waals surface area contributed by atoms with Crippen LogP contribution in [-0.4, -0.2) is 36.4 Å². The van der Waals surface area contributed by atoms with Gasteiger partial charge in [0.1, 0.15) is 5.75 Å². The Bertz CT molecular complexity index is 1070. The Morgan fingerprint density at radius 1 is 1.18 bits per heavy atom. The topological polar surface area (TPSA) is 64.4 Å². The number of imidazole rings is 1. The minimum absolute atomic E-state index is 0.315. The zero-order valence-corrected chi connectivity index (χ0v) is 16.9. The zero-order valence-electron chi connectivity index (χ0n) is 16.1. The standard InChI is InChI=1S/C21H23N3O3S/c1-17-14-24(16-22-17)20-10-9-18(13-21(20)27-3)11-12-28(25,26)23(2)15-19-7-5-4-6-8-19/h4-14,16H,15H2,1-3H3. The second-order valence-electron chi connectivity index (χ2n) is 6.44. The molecule has 0 aliphatic rings. The van der Waals surface area contributed by atoms with Gasteiger partial charge >= 0.3 is 0 Å². The Balaban J connectivity index is 1.79. The van der Waals surface area contributed by atoms with E-state index in [-0.39, 0.29) is 0 Å². The van der Waals surface area contributed by atoms with Gasteiger partial charge in [-0.05, 0) is 36.3 Å². The maximum Gasteiger partial charge on any atom is 0.236 e. The van der Waals surface area contributed by atoms with Crippen LogP contribution < -0.4 is 4.74 Å². The summed E-state index contributed by atoms with van der Waals surface area (Å²) in [5.41, 5.74) is 3.40. The van der Waals surface area contributed by atoms with Gasteiger partial charge in [0.15, 0.2) is 0 Å². The molecule has 1 heterocycles. The van der Waals surface area contributed by atoms with Crippen LogP contribution in [0.5, 0.6) is 5.75 Å². The van der Waals surface area contributed by atoms with Gasteiger partial charge in [0, 0.05) is 25.2 Å². The molecule has 7 heteroatoms. The lowest BCUT2D eigenvalue weighted by molar-refractivity contribution is 0.413.